The van der Waals surface area contributed by atoms with Gasteiger partial charge in [0.1, 0.15) is 20.5 Å². The number of sulfone groups is 1. The second-order valence-corrected chi connectivity index (χ2v) is 8.21. The van der Waals surface area contributed by atoms with E-state index in [4.69, 9.17) is 5.84 Å². The molecule has 2 aromatic heterocycles. The molecule has 0 bridgehead atoms. The molecule has 104 valence electrons. The van der Waals surface area contributed by atoms with Crippen molar-refractivity contribution in [2.24, 2.45) is 5.84 Å². The van der Waals surface area contributed by atoms with Gasteiger partial charge in [0.05, 0.1) is 16.9 Å². The Morgan fingerprint density at radius 1 is 1.47 bits per heavy atom. The van der Waals surface area contributed by atoms with E-state index in [1.807, 2.05) is 11.4 Å². The number of anilines is 1. The zero-order chi connectivity index (χ0) is 13.9. The molecular weight excluding hydrogens is 304 g/mol. The van der Waals surface area contributed by atoms with E-state index in [9.17, 15) is 8.42 Å². The van der Waals surface area contributed by atoms with Crippen LogP contribution in [0.4, 0.5) is 5.82 Å². The zero-order valence-electron chi connectivity index (χ0n) is 10.3. The van der Waals surface area contributed by atoms with Gasteiger partial charge in [-0.25, -0.2) is 24.2 Å². The van der Waals surface area contributed by atoms with Crippen molar-refractivity contribution in [1.82, 2.24) is 9.97 Å². The van der Waals surface area contributed by atoms with Crippen LogP contribution in [0, 0.1) is 0 Å². The number of thiophene rings is 1. The number of nitrogens with two attached hydrogens (primary N) is 1. The molecule has 0 aliphatic carbocycles. The number of fused-ring (bicyclic) bond motifs is 1. The Balaban J connectivity index is 2.04. The molecule has 0 atom stereocenters. The summed E-state index contributed by atoms with van der Waals surface area (Å²) in [6.07, 6.45) is 1.23. The van der Waals surface area contributed by atoms with Crippen LogP contribution in [0.3, 0.4) is 0 Å². The first-order valence-corrected chi connectivity index (χ1v) is 9.55. The van der Waals surface area contributed by atoms with E-state index in [0.29, 0.717) is 23.1 Å². The van der Waals surface area contributed by atoms with Gasteiger partial charge in [0.25, 0.3) is 0 Å². The summed E-state index contributed by atoms with van der Waals surface area (Å²) < 4.78 is 22.0. The lowest BCUT2D eigenvalue weighted by Gasteiger charge is -2.05. The van der Waals surface area contributed by atoms with Gasteiger partial charge in [-0.2, -0.15) is 11.8 Å². The molecule has 0 aliphatic heterocycles. The van der Waals surface area contributed by atoms with Crippen LogP contribution in [-0.2, 0) is 15.6 Å². The molecule has 0 amide bonds. The smallest absolute Gasteiger partial charge is 0.152 e. The first-order chi connectivity index (χ1) is 8.99. The maximum absolute atomic E-state index is 11.0. The van der Waals surface area contributed by atoms with E-state index in [-0.39, 0.29) is 5.75 Å². The first-order valence-electron chi connectivity index (χ1n) is 5.46. The van der Waals surface area contributed by atoms with E-state index < -0.39 is 9.84 Å². The van der Waals surface area contributed by atoms with Crippen molar-refractivity contribution in [3.05, 3.63) is 17.3 Å². The van der Waals surface area contributed by atoms with Crippen molar-refractivity contribution < 1.29 is 8.42 Å². The van der Waals surface area contributed by atoms with Crippen LogP contribution >= 0.6 is 23.1 Å². The van der Waals surface area contributed by atoms with E-state index in [1.165, 1.54) is 29.4 Å². The van der Waals surface area contributed by atoms with Gasteiger partial charge in [-0.15, -0.1) is 11.3 Å². The topological polar surface area (TPSA) is 98.0 Å². The van der Waals surface area contributed by atoms with Gasteiger partial charge in [-0.3, -0.25) is 0 Å². The number of hydrazine groups is 1. The van der Waals surface area contributed by atoms with E-state index in [1.54, 1.807) is 0 Å². The third-order valence-electron chi connectivity index (χ3n) is 2.34. The highest BCUT2D eigenvalue weighted by Crippen LogP contribution is 2.25. The third kappa shape index (κ3) is 4.03. The van der Waals surface area contributed by atoms with Crippen LogP contribution in [0.1, 0.15) is 5.82 Å². The molecule has 2 heterocycles. The summed E-state index contributed by atoms with van der Waals surface area (Å²) in [5.41, 5.74) is 2.56. The quantitative estimate of drug-likeness (QED) is 0.470. The van der Waals surface area contributed by atoms with Crippen LogP contribution in [-0.4, -0.2) is 36.1 Å². The fourth-order valence-corrected chi connectivity index (χ4v) is 4.37. The minimum absolute atomic E-state index is 0.168. The average Bonchev–Trinajstić information content (AvgIpc) is 2.80. The normalized spacial score (nSPS) is 11.9. The molecule has 0 spiro atoms. The fourth-order valence-electron chi connectivity index (χ4n) is 1.45. The molecule has 0 aromatic carbocycles. The van der Waals surface area contributed by atoms with Gasteiger partial charge in [-0.1, -0.05) is 0 Å². The molecule has 2 aromatic rings. The van der Waals surface area contributed by atoms with Crippen LogP contribution in [0.5, 0.6) is 0 Å². The Morgan fingerprint density at radius 3 is 2.95 bits per heavy atom. The van der Waals surface area contributed by atoms with Gasteiger partial charge >= 0.3 is 0 Å². The van der Waals surface area contributed by atoms with Crippen LogP contribution in [0.15, 0.2) is 11.4 Å². The summed E-state index contributed by atoms with van der Waals surface area (Å²) in [5, 5.41) is 2.83. The van der Waals surface area contributed by atoms with Gasteiger partial charge in [0.2, 0.25) is 0 Å². The Bertz CT molecular complexity index is 668. The van der Waals surface area contributed by atoms with Gasteiger partial charge in [0.15, 0.2) is 5.82 Å². The molecule has 9 heteroatoms. The molecule has 0 radical (unpaired) electrons. The molecule has 0 saturated carbocycles. The number of hydrogen-bond acceptors (Lipinski definition) is 8. The van der Waals surface area contributed by atoms with Crippen molar-refractivity contribution >= 4 is 49.0 Å². The van der Waals surface area contributed by atoms with E-state index >= 15 is 0 Å². The van der Waals surface area contributed by atoms with Gasteiger partial charge < -0.3 is 5.43 Å². The molecule has 2 rings (SSSR count). The lowest BCUT2D eigenvalue weighted by atomic mass is 10.4. The highest BCUT2D eigenvalue weighted by atomic mass is 32.2. The summed E-state index contributed by atoms with van der Waals surface area (Å²) in [5.74, 6) is 7.96. The number of rotatable bonds is 6. The lowest BCUT2D eigenvalue weighted by Crippen LogP contribution is -2.10. The van der Waals surface area contributed by atoms with E-state index in [0.717, 1.165) is 10.2 Å². The number of nitrogen functional groups attached to an aromatic ring is 1. The monoisotopic (exact) mass is 318 g/mol. The van der Waals surface area contributed by atoms with Crippen molar-refractivity contribution in [2.75, 3.05) is 23.2 Å². The minimum atomic E-state index is -2.91. The van der Waals surface area contributed by atoms with Crippen molar-refractivity contribution in [1.29, 1.82) is 0 Å². The largest absolute Gasteiger partial charge is 0.308 e. The second kappa shape index (κ2) is 6.04. The maximum Gasteiger partial charge on any atom is 0.152 e. The van der Waals surface area contributed by atoms with Gasteiger partial charge in [0, 0.05) is 12.0 Å². The van der Waals surface area contributed by atoms with Crippen molar-refractivity contribution in [2.45, 2.75) is 5.75 Å². The maximum atomic E-state index is 11.0. The van der Waals surface area contributed by atoms with Crippen molar-refractivity contribution in [3.8, 4) is 0 Å². The molecule has 3 N–H and O–H groups in total. The van der Waals surface area contributed by atoms with Crippen molar-refractivity contribution in [3.63, 3.8) is 0 Å². The molecule has 0 unspecified atom stereocenters. The molecule has 0 fully saturated rings. The standard InChI is InChI=1S/C10H14N4O2S3/c1-19(15,16)5-4-17-6-8-12-9(14-11)7-2-3-18-10(7)13-8/h2-3H,4-6,11H2,1H3,(H,12,13,14). The van der Waals surface area contributed by atoms with E-state index in [2.05, 4.69) is 15.4 Å². The Hall–Kier alpha value is -0.900. The Labute approximate surface area is 119 Å². The summed E-state index contributed by atoms with van der Waals surface area (Å²) in [7, 11) is -2.91. The molecule has 0 aliphatic rings. The van der Waals surface area contributed by atoms with Crippen LogP contribution in [0.25, 0.3) is 10.2 Å². The van der Waals surface area contributed by atoms with Gasteiger partial charge in [-0.05, 0) is 11.4 Å². The number of nitrogens with one attached hydrogen (secondary N) is 1. The average molecular weight is 318 g/mol. The molecule has 0 saturated heterocycles. The molecule has 6 nitrogen and oxygen atoms in total. The summed E-state index contributed by atoms with van der Waals surface area (Å²) in [6.45, 7) is 0. The number of thioether (sulfide) groups is 1. The summed E-state index contributed by atoms with van der Waals surface area (Å²) in [6, 6.07) is 1.91. The molecule has 19 heavy (non-hydrogen) atoms. The summed E-state index contributed by atoms with van der Waals surface area (Å²) in [4.78, 5) is 9.61. The predicted octanol–water partition coefficient (Wildman–Crippen LogP) is 1.25. The highest BCUT2D eigenvalue weighted by molar-refractivity contribution is 7.99. The molecular formula is C10H14N4O2S3. The number of aromatic nitrogens is 2. The second-order valence-electron chi connectivity index (χ2n) is 3.95. The fraction of sp³-hybridized carbons (Fsp3) is 0.400. The lowest BCUT2D eigenvalue weighted by molar-refractivity contribution is 0.603. The predicted molar refractivity (Wildman–Crippen MR) is 81.1 cm³/mol. The Morgan fingerprint density at radius 2 is 2.26 bits per heavy atom. The zero-order valence-corrected chi connectivity index (χ0v) is 12.7. The third-order valence-corrected chi connectivity index (χ3v) is 5.30. The Kier molecular flexibility index (Phi) is 4.61. The SMILES string of the molecule is CS(=O)(=O)CCSCc1nc(NN)c2ccsc2n1. The van der Waals surface area contributed by atoms with Crippen LogP contribution in [0.2, 0.25) is 0 Å². The van der Waals surface area contributed by atoms with Crippen LogP contribution < -0.4 is 11.3 Å². The first kappa shape index (κ1) is 14.5. The summed E-state index contributed by atoms with van der Waals surface area (Å²) >= 11 is 3.02. The number of nitrogens with zero attached hydrogens (tertiary/aromatic N) is 2. The highest BCUT2D eigenvalue weighted by Gasteiger charge is 2.08. The minimum Gasteiger partial charge on any atom is -0.308 e. The number of hydrogen-bond donors (Lipinski definition) is 2.